The van der Waals surface area contributed by atoms with E-state index in [1.807, 2.05) is 0 Å². The van der Waals surface area contributed by atoms with Gasteiger partial charge in [0.15, 0.2) is 0 Å². The molecule has 1 unspecified atom stereocenters. The number of anilines is 2. The summed E-state index contributed by atoms with van der Waals surface area (Å²) in [5, 5.41) is 0.326. The molecule has 1 saturated heterocycles. The van der Waals surface area contributed by atoms with Gasteiger partial charge < -0.3 is 10.5 Å². The highest BCUT2D eigenvalue weighted by Crippen LogP contribution is 2.24. The van der Waals surface area contributed by atoms with Crippen LogP contribution in [-0.4, -0.2) is 26.9 Å². The quantitative estimate of drug-likeness (QED) is 0.829. The van der Waals surface area contributed by atoms with E-state index in [2.05, 4.69) is 4.72 Å². The van der Waals surface area contributed by atoms with Crippen LogP contribution >= 0.6 is 11.6 Å². The number of nitrogens with two attached hydrogens (primary N) is 1. The lowest BCUT2D eigenvalue weighted by atomic mass is 10.3. The Hall–Kier alpha value is -0.980. The largest absolute Gasteiger partial charge is 0.398 e. The third-order valence-corrected chi connectivity index (χ3v) is 4.39. The summed E-state index contributed by atoms with van der Waals surface area (Å²) in [5.74, 6) is -0.0327. The summed E-state index contributed by atoms with van der Waals surface area (Å²) in [6, 6.07) is 4.63. The van der Waals surface area contributed by atoms with E-state index >= 15 is 0 Å². The summed E-state index contributed by atoms with van der Waals surface area (Å²) in [6.07, 6.45) is 1.48. The van der Waals surface area contributed by atoms with Gasteiger partial charge in [-0.3, -0.25) is 4.72 Å². The number of nitrogens with one attached hydrogen (secondary N) is 1. The summed E-state index contributed by atoms with van der Waals surface area (Å²) >= 11 is 5.83. The first-order chi connectivity index (χ1) is 8.46. The van der Waals surface area contributed by atoms with Crippen molar-refractivity contribution < 1.29 is 13.2 Å². The number of rotatable bonds is 4. The van der Waals surface area contributed by atoms with Crippen LogP contribution in [0.2, 0.25) is 5.02 Å². The molecular formula is C11H15ClN2O3S. The summed E-state index contributed by atoms with van der Waals surface area (Å²) in [6.45, 7) is 0.633. The second kappa shape index (κ2) is 5.34. The van der Waals surface area contributed by atoms with Crippen LogP contribution < -0.4 is 10.5 Å². The lowest BCUT2D eigenvalue weighted by molar-refractivity contribution is 0.127. The SMILES string of the molecule is Nc1ccc(NS(=O)(=O)CC2CCCO2)cc1Cl. The van der Waals surface area contributed by atoms with Crippen molar-refractivity contribution in [1.29, 1.82) is 0 Å². The molecule has 1 aliphatic heterocycles. The fraction of sp³-hybridized carbons (Fsp3) is 0.455. The minimum atomic E-state index is -3.42. The van der Waals surface area contributed by atoms with Gasteiger partial charge in [-0.25, -0.2) is 8.42 Å². The minimum absolute atomic E-state index is 0.0327. The Bertz CT molecular complexity index is 527. The van der Waals surface area contributed by atoms with Crippen molar-refractivity contribution in [3.8, 4) is 0 Å². The van der Waals surface area contributed by atoms with Gasteiger partial charge in [-0.15, -0.1) is 0 Å². The van der Waals surface area contributed by atoms with E-state index in [1.54, 1.807) is 12.1 Å². The molecule has 3 N–H and O–H groups in total. The Kier molecular flexibility index (Phi) is 3.99. The molecule has 1 fully saturated rings. The molecule has 1 atom stereocenters. The molecule has 2 rings (SSSR count). The molecule has 1 heterocycles. The zero-order valence-corrected chi connectivity index (χ0v) is 11.3. The standard InChI is InChI=1S/C11H15ClN2O3S/c12-10-6-8(3-4-11(10)13)14-18(15,16)7-9-2-1-5-17-9/h3-4,6,9,14H,1-2,5,7,13H2. The Morgan fingerprint density at radius 3 is 2.89 bits per heavy atom. The first-order valence-electron chi connectivity index (χ1n) is 5.63. The lowest BCUT2D eigenvalue weighted by Crippen LogP contribution is -2.25. The highest BCUT2D eigenvalue weighted by molar-refractivity contribution is 7.92. The normalized spacial score (nSPS) is 19.9. The maximum absolute atomic E-state index is 11.9. The molecule has 1 aromatic rings. The van der Waals surface area contributed by atoms with Crippen LogP contribution in [0.15, 0.2) is 18.2 Å². The van der Waals surface area contributed by atoms with Gasteiger partial charge in [0, 0.05) is 6.61 Å². The van der Waals surface area contributed by atoms with E-state index in [-0.39, 0.29) is 11.9 Å². The number of halogens is 1. The molecule has 1 aliphatic rings. The van der Waals surface area contributed by atoms with Gasteiger partial charge in [-0.05, 0) is 31.0 Å². The van der Waals surface area contributed by atoms with Gasteiger partial charge in [-0.1, -0.05) is 11.6 Å². The summed E-state index contributed by atoms with van der Waals surface area (Å²) in [4.78, 5) is 0. The van der Waals surface area contributed by atoms with E-state index in [9.17, 15) is 8.42 Å². The van der Waals surface area contributed by atoms with Crippen LogP contribution in [0, 0.1) is 0 Å². The van der Waals surface area contributed by atoms with Gasteiger partial charge in [0.05, 0.1) is 28.3 Å². The Morgan fingerprint density at radius 2 is 2.28 bits per heavy atom. The summed E-state index contributed by atoms with van der Waals surface area (Å²) in [5.41, 5.74) is 6.38. The van der Waals surface area contributed by atoms with Crippen LogP contribution in [0.5, 0.6) is 0 Å². The van der Waals surface area contributed by atoms with Crippen LogP contribution in [-0.2, 0) is 14.8 Å². The fourth-order valence-electron chi connectivity index (χ4n) is 1.83. The topological polar surface area (TPSA) is 81.4 Å². The molecule has 5 nitrogen and oxygen atoms in total. The average Bonchev–Trinajstić information content (AvgIpc) is 2.75. The molecule has 100 valence electrons. The molecule has 0 amide bonds. The summed E-state index contributed by atoms with van der Waals surface area (Å²) in [7, 11) is -3.42. The first kappa shape index (κ1) is 13.5. The molecule has 0 aromatic heterocycles. The number of hydrogen-bond donors (Lipinski definition) is 2. The molecular weight excluding hydrogens is 276 g/mol. The maximum atomic E-state index is 11.9. The van der Waals surface area contributed by atoms with Crippen molar-refractivity contribution in [3.05, 3.63) is 23.2 Å². The second-order valence-corrected chi connectivity index (χ2v) is 6.43. The van der Waals surface area contributed by atoms with Crippen LogP contribution in [0.4, 0.5) is 11.4 Å². The van der Waals surface area contributed by atoms with Crippen molar-refractivity contribution in [2.75, 3.05) is 22.8 Å². The average molecular weight is 291 g/mol. The zero-order valence-electron chi connectivity index (χ0n) is 9.73. The monoisotopic (exact) mass is 290 g/mol. The highest BCUT2D eigenvalue weighted by atomic mass is 35.5. The van der Waals surface area contributed by atoms with Crippen LogP contribution in [0.1, 0.15) is 12.8 Å². The van der Waals surface area contributed by atoms with Crippen LogP contribution in [0.3, 0.4) is 0 Å². The third kappa shape index (κ3) is 3.51. The third-order valence-electron chi connectivity index (χ3n) is 2.70. The molecule has 0 aliphatic carbocycles. The minimum Gasteiger partial charge on any atom is -0.398 e. The second-order valence-electron chi connectivity index (χ2n) is 4.25. The Morgan fingerprint density at radius 1 is 1.50 bits per heavy atom. The molecule has 0 radical (unpaired) electrons. The Labute approximate surface area is 111 Å². The molecule has 0 spiro atoms. The van der Waals surface area contributed by atoms with Gasteiger partial charge in [0.2, 0.25) is 10.0 Å². The molecule has 18 heavy (non-hydrogen) atoms. The van der Waals surface area contributed by atoms with Crippen molar-refractivity contribution in [3.63, 3.8) is 0 Å². The molecule has 1 aromatic carbocycles. The number of benzene rings is 1. The zero-order chi connectivity index (χ0) is 13.2. The van der Waals surface area contributed by atoms with E-state index in [0.29, 0.717) is 23.0 Å². The predicted octanol–water partition coefficient (Wildman–Crippen LogP) is 1.84. The number of ether oxygens (including phenoxy) is 1. The lowest BCUT2D eigenvalue weighted by Gasteiger charge is -2.12. The summed E-state index contributed by atoms with van der Waals surface area (Å²) < 4.78 is 31.5. The van der Waals surface area contributed by atoms with E-state index in [0.717, 1.165) is 12.8 Å². The van der Waals surface area contributed by atoms with Crippen molar-refractivity contribution in [2.24, 2.45) is 0 Å². The Balaban J connectivity index is 2.04. The highest BCUT2D eigenvalue weighted by Gasteiger charge is 2.23. The first-order valence-corrected chi connectivity index (χ1v) is 7.66. The van der Waals surface area contributed by atoms with Gasteiger partial charge >= 0.3 is 0 Å². The molecule has 0 saturated carbocycles. The van der Waals surface area contributed by atoms with E-state index in [1.165, 1.54) is 6.07 Å². The number of hydrogen-bond acceptors (Lipinski definition) is 4. The fourth-order valence-corrected chi connectivity index (χ4v) is 3.33. The number of nitrogen functional groups attached to an aromatic ring is 1. The van der Waals surface area contributed by atoms with Crippen LogP contribution in [0.25, 0.3) is 0 Å². The van der Waals surface area contributed by atoms with Crippen molar-refractivity contribution in [2.45, 2.75) is 18.9 Å². The van der Waals surface area contributed by atoms with E-state index < -0.39 is 10.0 Å². The van der Waals surface area contributed by atoms with Crippen molar-refractivity contribution >= 4 is 33.0 Å². The van der Waals surface area contributed by atoms with Gasteiger partial charge in [0.1, 0.15) is 0 Å². The van der Waals surface area contributed by atoms with Crippen molar-refractivity contribution in [1.82, 2.24) is 0 Å². The molecule has 0 bridgehead atoms. The number of sulfonamides is 1. The smallest absolute Gasteiger partial charge is 0.235 e. The molecule has 7 heteroatoms. The van der Waals surface area contributed by atoms with E-state index in [4.69, 9.17) is 22.1 Å². The predicted molar refractivity (Wildman–Crippen MR) is 72.2 cm³/mol. The maximum Gasteiger partial charge on any atom is 0.235 e. The van der Waals surface area contributed by atoms with Gasteiger partial charge in [-0.2, -0.15) is 0 Å². The van der Waals surface area contributed by atoms with Gasteiger partial charge in [0.25, 0.3) is 0 Å².